The van der Waals surface area contributed by atoms with Crippen LogP contribution in [0.2, 0.25) is 0 Å². The van der Waals surface area contributed by atoms with E-state index in [4.69, 9.17) is 0 Å². The molecule has 0 radical (unpaired) electrons. The zero-order chi connectivity index (χ0) is 22.3. The molecular weight excluding hydrogens is 391 g/mol. The summed E-state index contributed by atoms with van der Waals surface area (Å²) in [6.45, 7) is 4.29. The van der Waals surface area contributed by atoms with E-state index in [1.807, 2.05) is 30.3 Å². The van der Waals surface area contributed by atoms with Crippen molar-refractivity contribution in [2.75, 3.05) is 0 Å². The number of aryl methyl sites for hydroxylation is 4. The first-order valence-electron chi connectivity index (χ1n) is 11.5. The lowest BCUT2D eigenvalue weighted by Gasteiger charge is -2.08. The van der Waals surface area contributed by atoms with Crippen LogP contribution >= 0.6 is 0 Å². The average molecular weight is 421 g/mol. The quantitative estimate of drug-likeness (QED) is 0.279. The van der Waals surface area contributed by atoms with Crippen molar-refractivity contribution in [2.24, 2.45) is 0 Å². The molecule has 0 amide bonds. The Labute approximate surface area is 191 Å². The highest BCUT2D eigenvalue weighted by Crippen LogP contribution is 2.23. The van der Waals surface area contributed by atoms with Gasteiger partial charge in [-0.2, -0.15) is 0 Å². The van der Waals surface area contributed by atoms with Crippen molar-refractivity contribution in [3.63, 3.8) is 0 Å². The predicted octanol–water partition coefficient (Wildman–Crippen LogP) is 7.81. The molecular formula is C31H29F. The van der Waals surface area contributed by atoms with Crippen molar-refractivity contribution in [3.05, 3.63) is 118 Å². The number of hydrogen-bond donors (Lipinski definition) is 0. The second-order valence-corrected chi connectivity index (χ2v) is 8.51. The van der Waals surface area contributed by atoms with E-state index in [1.165, 1.54) is 29.5 Å². The summed E-state index contributed by atoms with van der Waals surface area (Å²) in [5.74, 6) is 6.35. The molecule has 0 aliphatic rings. The number of unbranched alkanes of at least 4 members (excludes halogenated alkanes) is 1. The van der Waals surface area contributed by atoms with Crippen LogP contribution in [-0.4, -0.2) is 0 Å². The van der Waals surface area contributed by atoms with Gasteiger partial charge in [-0.1, -0.05) is 85.3 Å². The molecule has 0 spiro atoms. The molecule has 160 valence electrons. The van der Waals surface area contributed by atoms with E-state index in [-0.39, 0.29) is 5.82 Å². The van der Waals surface area contributed by atoms with Crippen LogP contribution in [0.25, 0.3) is 10.8 Å². The van der Waals surface area contributed by atoms with Gasteiger partial charge in [-0.3, -0.25) is 0 Å². The Balaban J connectivity index is 1.48. The Kier molecular flexibility index (Phi) is 7.03. The minimum atomic E-state index is -0.114. The highest BCUT2D eigenvalue weighted by molar-refractivity contribution is 5.85. The molecule has 0 saturated heterocycles. The Morgan fingerprint density at radius 3 is 2.09 bits per heavy atom. The smallest absolute Gasteiger partial charge is 0.134 e. The van der Waals surface area contributed by atoms with Crippen LogP contribution in [0.3, 0.4) is 0 Å². The predicted molar refractivity (Wildman–Crippen MR) is 134 cm³/mol. The Hall–Kier alpha value is -3.37. The zero-order valence-electron chi connectivity index (χ0n) is 18.9. The SMILES string of the molecule is CCCCc1ccc(C#Cc2ccc3c(F)c(CCc4ccc(C)cc4)ccc3c2)cc1. The van der Waals surface area contributed by atoms with E-state index in [0.29, 0.717) is 11.8 Å². The number of fused-ring (bicyclic) bond motifs is 1. The molecule has 4 aromatic carbocycles. The summed E-state index contributed by atoms with van der Waals surface area (Å²) in [5, 5.41) is 1.56. The van der Waals surface area contributed by atoms with Gasteiger partial charge in [0.2, 0.25) is 0 Å². The van der Waals surface area contributed by atoms with Gasteiger partial charge in [-0.05, 0) is 78.9 Å². The molecule has 0 saturated carbocycles. The maximum absolute atomic E-state index is 15.1. The number of hydrogen-bond acceptors (Lipinski definition) is 0. The van der Waals surface area contributed by atoms with Crippen molar-refractivity contribution >= 4 is 10.8 Å². The number of benzene rings is 4. The maximum Gasteiger partial charge on any atom is 0.134 e. The lowest BCUT2D eigenvalue weighted by Crippen LogP contribution is -1.96. The van der Waals surface area contributed by atoms with Gasteiger partial charge < -0.3 is 0 Å². The average Bonchev–Trinajstić information content (AvgIpc) is 2.82. The molecule has 0 nitrogen and oxygen atoms in total. The highest BCUT2D eigenvalue weighted by Gasteiger charge is 2.08. The molecule has 1 heteroatoms. The lowest BCUT2D eigenvalue weighted by atomic mass is 9.99. The molecule has 0 N–H and O–H groups in total. The van der Waals surface area contributed by atoms with E-state index in [1.54, 1.807) is 0 Å². The third-order valence-electron chi connectivity index (χ3n) is 5.96. The van der Waals surface area contributed by atoms with E-state index >= 15 is 4.39 Å². The summed E-state index contributed by atoms with van der Waals surface area (Å²) in [6.07, 6.45) is 5.07. The maximum atomic E-state index is 15.1. The van der Waals surface area contributed by atoms with Crippen LogP contribution in [0.5, 0.6) is 0 Å². The second-order valence-electron chi connectivity index (χ2n) is 8.51. The lowest BCUT2D eigenvalue weighted by molar-refractivity contribution is 0.620. The van der Waals surface area contributed by atoms with Crippen molar-refractivity contribution in [1.82, 2.24) is 0 Å². The standard InChI is InChI=1S/C31H29F/c1-3-4-5-24-10-12-26(13-11-24)14-15-27-17-21-30-29(22-27)20-19-28(31(30)32)18-16-25-8-6-23(2)7-9-25/h6-13,17,19-22H,3-5,16,18H2,1-2H3. The van der Waals surface area contributed by atoms with Crippen LogP contribution < -0.4 is 0 Å². The fraction of sp³-hybridized carbons (Fsp3) is 0.226. The van der Waals surface area contributed by atoms with E-state index in [2.05, 4.69) is 74.2 Å². The molecule has 0 aliphatic heterocycles. The zero-order valence-corrected chi connectivity index (χ0v) is 18.9. The fourth-order valence-electron chi connectivity index (χ4n) is 3.92. The molecule has 0 heterocycles. The number of halogens is 1. The molecule has 0 bridgehead atoms. The van der Waals surface area contributed by atoms with Gasteiger partial charge in [-0.15, -0.1) is 0 Å². The van der Waals surface area contributed by atoms with Crippen LogP contribution in [0.15, 0.2) is 78.9 Å². The van der Waals surface area contributed by atoms with Gasteiger partial charge in [0.1, 0.15) is 5.82 Å². The normalized spacial score (nSPS) is 10.7. The Morgan fingerprint density at radius 1 is 0.688 bits per heavy atom. The van der Waals surface area contributed by atoms with E-state index in [9.17, 15) is 0 Å². The molecule has 4 aromatic rings. The number of rotatable bonds is 6. The summed E-state index contributed by atoms with van der Waals surface area (Å²) < 4.78 is 15.1. The monoisotopic (exact) mass is 420 g/mol. The topological polar surface area (TPSA) is 0 Å². The highest BCUT2D eigenvalue weighted by atomic mass is 19.1. The minimum Gasteiger partial charge on any atom is -0.206 e. The summed E-state index contributed by atoms with van der Waals surface area (Å²) in [7, 11) is 0. The van der Waals surface area contributed by atoms with Gasteiger partial charge in [0.25, 0.3) is 0 Å². The van der Waals surface area contributed by atoms with Crippen molar-refractivity contribution in [1.29, 1.82) is 0 Å². The molecule has 0 atom stereocenters. The molecule has 0 aliphatic carbocycles. The molecule has 32 heavy (non-hydrogen) atoms. The third kappa shape index (κ3) is 5.45. The second kappa shape index (κ2) is 10.3. The molecule has 0 fully saturated rings. The van der Waals surface area contributed by atoms with Crippen molar-refractivity contribution in [3.8, 4) is 11.8 Å². The summed E-state index contributed by atoms with van der Waals surface area (Å²) >= 11 is 0. The van der Waals surface area contributed by atoms with E-state index < -0.39 is 0 Å². The van der Waals surface area contributed by atoms with Crippen LogP contribution in [0.1, 0.15) is 53.1 Å². The summed E-state index contributed by atoms with van der Waals surface area (Å²) in [5.41, 5.74) is 6.51. The van der Waals surface area contributed by atoms with Crippen molar-refractivity contribution < 1.29 is 4.39 Å². The van der Waals surface area contributed by atoms with Crippen LogP contribution in [0.4, 0.5) is 4.39 Å². The van der Waals surface area contributed by atoms with Gasteiger partial charge >= 0.3 is 0 Å². The van der Waals surface area contributed by atoms with E-state index in [0.717, 1.165) is 34.9 Å². The first-order valence-corrected chi connectivity index (χ1v) is 11.5. The van der Waals surface area contributed by atoms with Crippen LogP contribution in [0, 0.1) is 24.6 Å². The van der Waals surface area contributed by atoms with Crippen LogP contribution in [-0.2, 0) is 19.3 Å². The summed E-state index contributed by atoms with van der Waals surface area (Å²) in [4.78, 5) is 0. The largest absolute Gasteiger partial charge is 0.206 e. The Morgan fingerprint density at radius 2 is 1.34 bits per heavy atom. The molecule has 4 rings (SSSR count). The first kappa shape index (κ1) is 21.8. The first-order chi connectivity index (χ1) is 15.6. The third-order valence-corrected chi connectivity index (χ3v) is 5.96. The molecule has 0 aromatic heterocycles. The summed E-state index contributed by atoms with van der Waals surface area (Å²) in [6, 6.07) is 26.6. The van der Waals surface area contributed by atoms with Gasteiger partial charge in [0.05, 0.1) is 0 Å². The fourth-order valence-corrected chi connectivity index (χ4v) is 3.92. The van der Waals surface area contributed by atoms with Gasteiger partial charge in [0.15, 0.2) is 0 Å². The minimum absolute atomic E-state index is 0.114. The molecule has 0 unspecified atom stereocenters. The van der Waals surface area contributed by atoms with Crippen molar-refractivity contribution in [2.45, 2.75) is 46.0 Å². The Bertz CT molecular complexity index is 1250. The van der Waals surface area contributed by atoms with Gasteiger partial charge in [0, 0.05) is 16.5 Å². The van der Waals surface area contributed by atoms with Gasteiger partial charge in [-0.25, -0.2) is 4.39 Å².